The van der Waals surface area contributed by atoms with E-state index in [1.165, 1.54) is 0 Å². The van der Waals surface area contributed by atoms with E-state index in [0.717, 1.165) is 29.8 Å². The quantitative estimate of drug-likeness (QED) is 0.859. The van der Waals surface area contributed by atoms with Crippen molar-refractivity contribution in [1.29, 1.82) is 0 Å². The molecule has 0 amide bonds. The predicted molar refractivity (Wildman–Crippen MR) is 83.6 cm³/mol. The molecule has 124 valence electrons. The number of hydrogen-bond acceptors (Lipinski definition) is 2. The molecule has 0 aliphatic heterocycles. The van der Waals surface area contributed by atoms with Gasteiger partial charge < -0.3 is 0 Å². The second-order valence-electron chi connectivity index (χ2n) is 5.09. The number of alkyl halides is 3. The van der Waals surface area contributed by atoms with Gasteiger partial charge in [-0.25, -0.2) is 8.42 Å². The molecular weight excluding hydrogens is 327 g/mol. The van der Waals surface area contributed by atoms with Gasteiger partial charge in [-0.3, -0.25) is 4.72 Å². The molecule has 0 aliphatic carbocycles. The van der Waals surface area contributed by atoms with Gasteiger partial charge in [0, 0.05) is 5.69 Å². The number of sulfonamides is 1. The van der Waals surface area contributed by atoms with Crippen molar-refractivity contribution in [3.8, 4) is 0 Å². The fraction of sp³-hybridized carbons (Fsp3) is 0.250. The zero-order valence-electron chi connectivity index (χ0n) is 12.2. The average molecular weight is 343 g/mol. The Morgan fingerprint density at radius 1 is 0.913 bits per heavy atom. The van der Waals surface area contributed by atoms with E-state index in [2.05, 4.69) is 4.72 Å². The molecule has 0 radical (unpaired) electrons. The van der Waals surface area contributed by atoms with E-state index in [1.807, 2.05) is 30.3 Å². The molecule has 2 aromatic carbocycles. The lowest BCUT2D eigenvalue weighted by Crippen LogP contribution is -2.17. The van der Waals surface area contributed by atoms with E-state index in [1.54, 1.807) is 0 Å². The highest BCUT2D eigenvalue weighted by molar-refractivity contribution is 7.92. The van der Waals surface area contributed by atoms with Crippen molar-refractivity contribution in [2.45, 2.75) is 19.0 Å². The highest BCUT2D eigenvalue weighted by Gasteiger charge is 2.30. The summed E-state index contributed by atoms with van der Waals surface area (Å²) in [4.78, 5) is 0. The first-order valence-corrected chi connectivity index (χ1v) is 8.63. The molecule has 23 heavy (non-hydrogen) atoms. The number of benzene rings is 2. The summed E-state index contributed by atoms with van der Waals surface area (Å²) in [5.74, 6) is -0.0943. The van der Waals surface area contributed by atoms with Crippen molar-refractivity contribution in [3.63, 3.8) is 0 Å². The Balaban J connectivity index is 1.90. The topological polar surface area (TPSA) is 46.2 Å². The van der Waals surface area contributed by atoms with Crippen LogP contribution in [0.25, 0.3) is 0 Å². The summed E-state index contributed by atoms with van der Waals surface area (Å²) in [5, 5.41) is 0. The molecule has 7 heteroatoms. The third-order valence-corrected chi connectivity index (χ3v) is 4.58. The Morgan fingerprint density at radius 3 is 2.09 bits per heavy atom. The van der Waals surface area contributed by atoms with Crippen LogP contribution in [-0.4, -0.2) is 14.2 Å². The summed E-state index contributed by atoms with van der Waals surface area (Å²) >= 11 is 0. The summed E-state index contributed by atoms with van der Waals surface area (Å²) in [6.45, 7) is 0. The molecule has 2 rings (SSSR count). The summed E-state index contributed by atoms with van der Waals surface area (Å²) < 4.78 is 63.5. The molecule has 0 unspecified atom stereocenters. The van der Waals surface area contributed by atoms with Crippen LogP contribution in [0.15, 0.2) is 54.6 Å². The Hall–Kier alpha value is -2.02. The van der Waals surface area contributed by atoms with Crippen molar-refractivity contribution < 1.29 is 21.6 Å². The SMILES string of the molecule is O=S(=O)(CCCc1ccccc1)Nc1ccc(C(F)(F)F)cc1. The second-order valence-corrected chi connectivity index (χ2v) is 6.93. The molecule has 0 spiro atoms. The van der Waals surface area contributed by atoms with E-state index in [0.29, 0.717) is 12.8 Å². The molecule has 0 saturated heterocycles. The van der Waals surface area contributed by atoms with Crippen molar-refractivity contribution >= 4 is 15.7 Å². The first-order chi connectivity index (χ1) is 10.8. The van der Waals surface area contributed by atoms with E-state index in [9.17, 15) is 21.6 Å². The van der Waals surface area contributed by atoms with Gasteiger partial charge in [0.2, 0.25) is 10.0 Å². The lowest BCUT2D eigenvalue weighted by molar-refractivity contribution is -0.137. The van der Waals surface area contributed by atoms with Gasteiger partial charge in [0.25, 0.3) is 0 Å². The van der Waals surface area contributed by atoms with E-state index < -0.39 is 21.8 Å². The highest BCUT2D eigenvalue weighted by atomic mass is 32.2. The lowest BCUT2D eigenvalue weighted by Gasteiger charge is -2.10. The molecule has 1 N–H and O–H groups in total. The van der Waals surface area contributed by atoms with E-state index in [-0.39, 0.29) is 11.4 Å². The van der Waals surface area contributed by atoms with Gasteiger partial charge in [0.05, 0.1) is 11.3 Å². The highest BCUT2D eigenvalue weighted by Crippen LogP contribution is 2.29. The van der Waals surface area contributed by atoms with E-state index in [4.69, 9.17) is 0 Å². The van der Waals surface area contributed by atoms with E-state index >= 15 is 0 Å². The normalized spacial score (nSPS) is 12.1. The van der Waals surface area contributed by atoms with Gasteiger partial charge in [-0.2, -0.15) is 13.2 Å². The third-order valence-electron chi connectivity index (χ3n) is 3.21. The minimum atomic E-state index is -4.44. The summed E-state index contributed by atoms with van der Waals surface area (Å²) in [6.07, 6.45) is -3.39. The van der Waals surface area contributed by atoms with Crippen LogP contribution in [0.4, 0.5) is 18.9 Å². The smallest absolute Gasteiger partial charge is 0.284 e. The van der Waals surface area contributed by atoms with Crippen molar-refractivity contribution in [2.24, 2.45) is 0 Å². The second kappa shape index (κ2) is 7.04. The number of aryl methyl sites for hydroxylation is 1. The van der Waals surface area contributed by atoms with Crippen LogP contribution >= 0.6 is 0 Å². The largest absolute Gasteiger partial charge is 0.416 e. The summed E-state index contributed by atoms with van der Waals surface area (Å²) in [6, 6.07) is 13.4. The van der Waals surface area contributed by atoms with Gasteiger partial charge in [-0.05, 0) is 42.7 Å². The number of halogens is 3. The Kier molecular flexibility index (Phi) is 5.30. The minimum absolute atomic E-state index is 0.0943. The molecule has 0 atom stereocenters. The first kappa shape index (κ1) is 17.3. The standard InChI is InChI=1S/C16H16F3NO2S/c17-16(18,19)14-8-10-15(11-9-14)20-23(21,22)12-4-7-13-5-2-1-3-6-13/h1-3,5-6,8-11,20H,4,7,12H2. The van der Waals surface area contributed by atoms with Crippen LogP contribution in [0, 0.1) is 0 Å². The Bertz CT molecular complexity index is 726. The van der Waals surface area contributed by atoms with Gasteiger partial charge in [0.1, 0.15) is 0 Å². The molecule has 3 nitrogen and oxygen atoms in total. The third kappa shape index (κ3) is 5.59. The minimum Gasteiger partial charge on any atom is -0.284 e. The number of anilines is 1. The van der Waals surface area contributed by atoms with Crippen molar-refractivity contribution in [3.05, 3.63) is 65.7 Å². The molecule has 0 aliphatic rings. The maximum absolute atomic E-state index is 12.4. The molecular formula is C16H16F3NO2S. The van der Waals surface area contributed by atoms with Crippen LogP contribution in [0.3, 0.4) is 0 Å². The van der Waals surface area contributed by atoms with Crippen LogP contribution < -0.4 is 4.72 Å². The van der Waals surface area contributed by atoms with Gasteiger partial charge in [-0.15, -0.1) is 0 Å². The molecule has 0 aromatic heterocycles. The maximum atomic E-state index is 12.4. The number of nitrogens with one attached hydrogen (secondary N) is 1. The number of rotatable bonds is 6. The number of hydrogen-bond donors (Lipinski definition) is 1. The van der Waals surface area contributed by atoms with Gasteiger partial charge in [0.15, 0.2) is 0 Å². The zero-order valence-corrected chi connectivity index (χ0v) is 13.0. The zero-order chi connectivity index (χ0) is 16.9. The fourth-order valence-electron chi connectivity index (χ4n) is 2.07. The Morgan fingerprint density at radius 2 is 1.52 bits per heavy atom. The fourth-order valence-corrected chi connectivity index (χ4v) is 3.19. The van der Waals surface area contributed by atoms with Crippen molar-refractivity contribution in [1.82, 2.24) is 0 Å². The van der Waals surface area contributed by atoms with Crippen LogP contribution in [0.2, 0.25) is 0 Å². The molecule has 0 fully saturated rings. The summed E-state index contributed by atoms with van der Waals surface area (Å²) in [5.41, 5.74) is 0.347. The average Bonchev–Trinajstić information content (AvgIpc) is 2.47. The van der Waals surface area contributed by atoms with Crippen molar-refractivity contribution in [2.75, 3.05) is 10.5 Å². The van der Waals surface area contributed by atoms with Crippen LogP contribution in [0.1, 0.15) is 17.5 Å². The summed E-state index contributed by atoms with van der Waals surface area (Å²) in [7, 11) is -3.58. The first-order valence-electron chi connectivity index (χ1n) is 6.98. The van der Waals surface area contributed by atoms with Crippen LogP contribution in [-0.2, 0) is 22.6 Å². The van der Waals surface area contributed by atoms with Gasteiger partial charge >= 0.3 is 6.18 Å². The monoisotopic (exact) mass is 343 g/mol. The molecule has 0 heterocycles. The maximum Gasteiger partial charge on any atom is 0.416 e. The predicted octanol–water partition coefficient (Wildman–Crippen LogP) is 4.08. The molecule has 2 aromatic rings. The molecule has 0 bridgehead atoms. The molecule has 0 saturated carbocycles. The van der Waals surface area contributed by atoms with Crippen LogP contribution in [0.5, 0.6) is 0 Å². The van der Waals surface area contributed by atoms with Gasteiger partial charge in [-0.1, -0.05) is 30.3 Å². The lowest BCUT2D eigenvalue weighted by atomic mass is 10.1. The Labute approximate surface area is 133 Å².